The molecular weight excluding hydrogens is 404 g/mol. The van der Waals surface area contributed by atoms with Gasteiger partial charge >= 0.3 is 11.7 Å². The van der Waals surface area contributed by atoms with E-state index in [9.17, 15) is 19.5 Å². The van der Waals surface area contributed by atoms with E-state index in [-0.39, 0.29) is 17.3 Å². The van der Waals surface area contributed by atoms with Gasteiger partial charge < -0.3 is 5.11 Å². The Morgan fingerprint density at radius 1 is 1.06 bits per heavy atom. The summed E-state index contributed by atoms with van der Waals surface area (Å²) < 4.78 is 3.33. The van der Waals surface area contributed by atoms with Gasteiger partial charge in [0.05, 0.1) is 5.56 Å². The van der Waals surface area contributed by atoms with Gasteiger partial charge in [-0.1, -0.05) is 55.8 Å². The van der Waals surface area contributed by atoms with Gasteiger partial charge in [0, 0.05) is 18.3 Å². The molecule has 3 rings (SSSR count). The molecule has 168 valence electrons. The van der Waals surface area contributed by atoms with Gasteiger partial charge in [-0.3, -0.25) is 13.9 Å². The number of hydrogen-bond donors (Lipinski definition) is 1. The first-order chi connectivity index (χ1) is 15.4. The number of nitrogens with zero attached hydrogens (tertiary/aromatic N) is 2. The van der Waals surface area contributed by atoms with E-state index in [0.717, 1.165) is 35.9 Å². The average molecular weight is 435 g/mol. The van der Waals surface area contributed by atoms with Gasteiger partial charge in [0.1, 0.15) is 5.69 Å². The van der Waals surface area contributed by atoms with Crippen LogP contribution in [0.15, 0.2) is 53.3 Å². The second-order valence-electron chi connectivity index (χ2n) is 8.25. The number of aromatic carboxylic acids is 1. The monoisotopic (exact) mass is 434 g/mol. The number of carboxylic acids is 1. The molecule has 0 fully saturated rings. The lowest BCUT2D eigenvalue weighted by molar-refractivity contribution is 0.0697. The van der Waals surface area contributed by atoms with Gasteiger partial charge in [0.15, 0.2) is 6.29 Å². The van der Waals surface area contributed by atoms with Crippen LogP contribution in [0.5, 0.6) is 0 Å². The number of carboxylic acid groups (broad SMARTS) is 1. The third-order valence-corrected chi connectivity index (χ3v) is 5.76. The second kappa shape index (κ2) is 10.3. The number of aldehydes is 1. The Hall–Kier alpha value is -3.41. The molecule has 0 aliphatic heterocycles. The van der Waals surface area contributed by atoms with Crippen molar-refractivity contribution in [3.05, 3.63) is 81.5 Å². The molecule has 6 nitrogen and oxygen atoms in total. The third kappa shape index (κ3) is 4.74. The predicted molar refractivity (Wildman–Crippen MR) is 126 cm³/mol. The lowest BCUT2D eigenvalue weighted by Crippen LogP contribution is -2.27. The maximum atomic E-state index is 13.0. The molecule has 6 heteroatoms. The van der Waals surface area contributed by atoms with Crippen LogP contribution in [0, 0.1) is 0 Å². The maximum absolute atomic E-state index is 13.0. The summed E-state index contributed by atoms with van der Waals surface area (Å²) in [5.74, 6) is -0.954. The Labute approximate surface area is 188 Å². The van der Waals surface area contributed by atoms with E-state index in [1.807, 2.05) is 44.2 Å². The van der Waals surface area contributed by atoms with E-state index < -0.39 is 5.97 Å². The number of rotatable bonds is 10. The molecule has 1 heterocycles. The van der Waals surface area contributed by atoms with Crippen molar-refractivity contribution in [2.45, 2.75) is 59.0 Å². The SMILES string of the molecule is CCCCc1c(C=O)n(C(C)C)c(=O)n1CCc1ccc(-c2ccccc2C(=O)O)cc1. The molecule has 0 amide bonds. The molecule has 32 heavy (non-hydrogen) atoms. The summed E-state index contributed by atoms with van der Waals surface area (Å²) in [5.41, 5.74) is 3.98. The fourth-order valence-corrected chi connectivity index (χ4v) is 4.10. The number of carbonyl (C=O) groups excluding carboxylic acids is 1. The summed E-state index contributed by atoms with van der Waals surface area (Å²) in [7, 11) is 0. The number of imidazole rings is 1. The summed E-state index contributed by atoms with van der Waals surface area (Å²) in [6, 6.07) is 14.6. The second-order valence-corrected chi connectivity index (χ2v) is 8.25. The zero-order valence-electron chi connectivity index (χ0n) is 18.9. The molecule has 0 saturated carbocycles. The van der Waals surface area contributed by atoms with Crippen LogP contribution >= 0.6 is 0 Å². The topological polar surface area (TPSA) is 81.3 Å². The number of benzene rings is 2. The van der Waals surface area contributed by atoms with Crippen molar-refractivity contribution < 1.29 is 14.7 Å². The molecule has 0 aliphatic carbocycles. The van der Waals surface area contributed by atoms with Crippen LogP contribution in [-0.2, 0) is 19.4 Å². The molecule has 1 N–H and O–H groups in total. The zero-order valence-corrected chi connectivity index (χ0v) is 18.9. The first-order valence-corrected chi connectivity index (χ1v) is 11.1. The molecule has 0 unspecified atom stereocenters. The molecule has 0 atom stereocenters. The van der Waals surface area contributed by atoms with Crippen molar-refractivity contribution >= 4 is 12.3 Å². The minimum atomic E-state index is -0.954. The van der Waals surface area contributed by atoms with E-state index in [4.69, 9.17) is 0 Å². The summed E-state index contributed by atoms with van der Waals surface area (Å²) in [4.78, 5) is 36.3. The van der Waals surface area contributed by atoms with Crippen molar-refractivity contribution in [3.63, 3.8) is 0 Å². The van der Waals surface area contributed by atoms with E-state index in [1.165, 1.54) is 0 Å². The van der Waals surface area contributed by atoms with Gasteiger partial charge in [0.25, 0.3) is 0 Å². The fraction of sp³-hybridized carbons (Fsp3) is 0.346. The van der Waals surface area contributed by atoms with Gasteiger partial charge in [-0.2, -0.15) is 0 Å². The number of hydrogen-bond acceptors (Lipinski definition) is 3. The molecule has 0 spiro atoms. The summed E-state index contributed by atoms with van der Waals surface area (Å²) in [6.45, 7) is 6.40. The minimum Gasteiger partial charge on any atom is -0.478 e. The molecule has 3 aromatic rings. The van der Waals surface area contributed by atoms with Crippen molar-refractivity contribution in [1.82, 2.24) is 9.13 Å². The molecule has 0 saturated heterocycles. The number of unbranched alkanes of at least 4 members (excludes halogenated alkanes) is 1. The molecule has 0 bridgehead atoms. The van der Waals surface area contributed by atoms with Crippen LogP contribution in [0.1, 0.15) is 71.8 Å². The smallest absolute Gasteiger partial charge is 0.336 e. The van der Waals surface area contributed by atoms with Crippen molar-refractivity contribution in [3.8, 4) is 11.1 Å². The molecule has 0 aliphatic rings. The Balaban J connectivity index is 1.87. The highest BCUT2D eigenvalue weighted by atomic mass is 16.4. The van der Waals surface area contributed by atoms with Crippen LogP contribution < -0.4 is 5.69 Å². The lowest BCUT2D eigenvalue weighted by atomic mass is 9.98. The van der Waals surface area contributed by atoms with Crippen LogP contribution in [0.25, 0.3) is 11.1 Å². The highest BCUT2D eigenvalue weighted by molar-refractivity contribution is 5.95. The zero-order chi connectivity index (χ0) is 23.3. The van der Waals surface area contributed by atoms with Crippen molar-refractivity contribution in [2.75, 3.05) is 0 Å². The average Bonchev–Trinajstić information content (AvgIpc) is 3.07. The maximum Gasteiger partial charge on any atom is 0.336 e. The van der Waals surface area contributed by atoms with E-state index in [1.54, 1.807) is 27.3 Å². The van der Waals surface area contributed by atoms with Crippen LogP contribution in [-0.4, -0.2) is 26.5 Å². The van der Waals surface area contributed by atoms with Crippen molar-refractivity contribution in [1.29, 1.82) is 0 Å². The Bertz CT molecular complexity index is 1150. The molecule has 0 radical (unpaired) electrons. The first-order valence-electron chi connectivity index (χ1n) is 11.1. The van der Waals surface area contributed by atoms with Crippen LogP contribution in [0.3, 0.4) is 0 Å². The molecular formula is C26H30N2O4. The standard InChI is InChI=1S/C26H30N2O4/c1-4-5-10-23-24(17-29)28(18(2)3)26(32)27(23)16-15-19-11-13-20(14-12-19)21-8-6-7-9-22(21)25(30)31/h6-9,11-14,17-18H,4-5,10,15-16H2,1-3H3,(H,30,31). The summed E-state index contributed by atoms with van der Waals surface area (Å²) >= 11 is 0. The quantitative estimate of drug-likeness (QED) is 0.456. The van der Waals surface area contributed by atoms with E-state index >= 15 is 0 Å². The van der Waals surface area contributed by atoms with E-state index in [0.29, 0.717) is 30.6 Å². The third-order valence-electron chi connectivity index (χ3n) is 5.76. The number of aryl methyl sites for hydroxylation is 1. The Kier molecular flexibility index (Phi) is 7.46. The van der Waals surface area contributed by atoms with E-state index in [2.05, 4.69) is 6.92 Å². The summed E-state index contributed by atoms with van der Waals surface area (Å²) in [5, 5.41) is 9.43. The van der Waals surface area contributed by atoms with Crippen LogP contribution in [0.2, 0.25) is 0 Å². The highest BCUT2D eigenvalue weighted by Crippen LogP contribution is 2.24. The molecule has 1 aromatic heterocycles. The fourth-order valence-electron chi connectivity index (χ4n) is 4.10. The van der Waals surface area contributed by atoms with Gasteiger partial charge in [0.2, 0.25) is 0 Å². The lowest BCUT2D eigenvalue weighted by Gasteiger charge is -2.10. The Morgan fingerprint density at radius 3 is 2.34 bits per heavy atom. The van der Waals surface area contributed by atoms with Gasteiger partial charge in [-0.25, -0.2) is 9.59 Å². The Morgan fingerprint density at radius 2 is 1.75 bits per heavy atom. The summed E-state index contributed by atoms with van der Waals surface area (Å²) in [6.07, 6.45) is 4.04. The first kappa shape index (κ1) is 23.3. The van der Waals surface area contributed by atoms with Crippen molar-refractivity contribution in [2.24, 2.45) is 0 Å². The van der Waals surface area contributed by atoms with Gasteiger partial charge in [-0.15, -0.1) is 0 Å². The molecule has 2 aromatic carbocycles. The largest absolute Gasteiger partial charge is 0.478 e. The minimum absolute atomic E-state index is 0.0853. The number of aromatic nitrogens is 2. The highest BCUT2D eigenvalue weighted by Gasteiger charge is 2.20. The van der Waals surface area contributed by atoms with Gasteiger partial charge in [-0.05, 0) is 55.9 Å². The predicted octanol–water partition coefficient (Wildman–Crippen LogP) is 4.99. The number of carbonyl (C=O) groups is 2. The normalized spacial score (nSPS) is 11.1. The van der Waals surface area contributed by atoms with Crippen LogP contribution in [0.4, 0.5) is 0 Å².